The summed E-state index contributed by atoms with van der Waals surface area (Å²) in [6.45, 7) is 0.426. The molecular weight excluding hydrogens is 317 g/mol. The van der Waals surface area contributed by atoms with Crippen LogP contribution in [0.25, 0.3) is 0 Å². The molecule has 0 saturated carbocycles. The highest BCUT2D eigenvalue weighted by Crippen LogP contribution is 2.26. The van der Waals surface area contributed by atoms with Gasteiger partial charge in [-0.2, -0.15) is 0 Å². The second-order valence-electron chi connectivity index (χ2n) is 4.85. The SMILES string of the molecule is O=C(O)CC1CCCN1C(=O)COc1ccc(Cl)c(Cl)c1. The quantitative estimate of drug-likeness (QED) is 0.900. The van der Waals surface area contributed by atoms with Crippen molar-refractivity contribution in [3.8, 4) is 5.75 Å². The average Bonchev–Trinajstić information content (AvgIpc) is 2.87. The molecule has 0 radical (unpaired) electrons. The Morgan fingerprint density at radius 1 is 1.33 bits per heavy atom. The van der Waals surface area contributed by atoms with E-state index in [9.17, 15) is 9.59 Å². The lowest BCUT2D eigenvalue weighted by Gasteiger charge is -2.23. The third-order valence-electron chi connectivity index (χ3n) is 3.36. The van der Waals surface area contributed by atoms with Crippen molar-refractivity contribution in [3.05, 3.63) is 28.2 Å². The number of amides is 1. The number of carboxylic acids is 1. The maximum Gasteiger partial charge on any atom is 0.305 e. The molecule has 1 saturated heterocycles. The van der Waals surface area contributed by atoms with Crippen LogP contribution in [-0.4, -0.2) is 41.1 Å². The number of ether oxygens (including phenoxy) is 1. The molecule has 1 aromatic carbocycles. The molecule has 1 atom stereocenters. The van der Waals surface area contributed by atoms with Crippen LogP contribution < -0.4 is 4.74 Å². The summed E-state index contributed by atoms with van der Waals surface area (Å²) in [4.78, 5) is 24.5. The number of carbonyl (C=O) groups is 2. The Kier molecular flexibility index (Phi) is 5.31. The molecule has 1 N–H and O–H groups in total. The molecule has 0 spiro atoms. The Labute approximate surface area is 132 Å². The Morgan fingerprint density at radius 3 is 2.76 bits per heavy atom. The molecule has 114 valence electrons. The van der Waals surface area contributed by atoms with E-state index in [2.05, 4.69) is 0 Å². The van der Waals surface area contributed by atoms with Crippen molar-refractivity contribution in [1.82, 2.24) is 4.90 Å². The van der Waals surface area contributed by atoms with E-state index in [0.717, 1.165) is 6.42 Å². The summed E-state index contributed by atoms with van der Waals surface area (Å²) in [5.41, 5.74) is 0. The van der Waals surface area contributed by atoms with Gasteiger partial charge >= 0.3 is 5.97 Å². The van der Waals surface area contributed by atoms with Gasteiger partial charge in [0.2, 0.25) is 0 Å². The Hall–Kier alpha value is -1.46. The van der Waals surface area contributed by atoms with Crippen LogP contribution in [0.3, 0.4) is 0 Å². The fourth-order valence-corrected chi connectivity index (χ4v) is 2.66. The van der Waals surface area contributed by atoms with E-state index in [4.69, 9.17) is 33.0 Å². The normalized spacial score (nSPS) is 17.8. The molecule has 21 heavy (non-hydrogen) atoms. The summed E-state index contributed by atoms with van der Waals surface area (Å²) in [6, 6.07) is 4.51. The van der Waals surface area contributed by atoms with Crippen LogP contribution in [0.1, 0.15) is 19.3 Å². The van der Waals surface area contributed by atoms with E-state index < -0.39 is 5.97 Å². The Morgan fingerprint density at radius 2 is 2.10 bits per heavy atom. The van der Waals surface area contributed by atoms with E-state index in [1.807, 2.05) is 0 Å². The molecule has 7 heteroatoms. The summed E-state index contributed by atoms with van der Waals surface area (Å²) < 4.78 is 5.39. The lowest BCUT2D eigenvalue weighted by atomic mass is 10.1. The molecule has 0 bridgehead atoms. The average molecular weight is 332 g/mol. The minimum absolute atomic E-state index is 0.0293. The number of carbonyl (C=O) groups excluding carboxylic acids is 1. The van der Waals surface area contributed by atoms with Gasteiger partial charge in [0.1, 0.15) is 5.75 Å². The highest BCUT2D eigenvalue weighted by molar-refractivity contribution is 6.42. The van der Waals surface area contributed by atoms with Crippen molar-refractivity contribution in [1.29, 1.82) is 0 Å². The fourth-order valence-electron chi connectivity index (χ4n) is 2.37. The molecule has 1 heterocycles. The van der Waals surface area contributed by atoms with Crippen molar-refractivity contribution in [2.75, 3.05) is 13.2 Å². The van der Waals surface area contributed by atoms with Gasteiger partial charge in [-0.1, -0.05) is 23.2 Å². The lowest BCUT2D eigenvalue weighted by Crippen LogP contribution is -2.39. The molecule has 0 aliphatic carbocycles. The first-order valence-electron chi connectivity index (χ1n) is 6.56. The molecule has 5 nitrogen and oxygen atoms in total. The van der Waals surface area contributed by atoms with Crippen molar-refractivity contribution in [3.63, 3.8) is 0 Å². The predicted molar refractivity (Wildman–Crippen MR) is 78.9 cm³/mol. The Bertz CT molecular complexity index is 550. The number of carboxylic acid groups (broad SMARTS) is 1. The van der Waals surface area contributed by atoms with E-state index in [1.165, 1.54) is 6.07 Å². The summed E-state index contributed by atoms with van der Waals surface area (Å²) >= 11 is 11.7. The third kappa shape index (κ3) is 4.25. The van der Waals surface area contributed by atoms with Crippen molar-refractivity contribution >= 4 is 35.1 Å². The standard InChI is InChI=1S/C14H15Cl2NO4/c15-11-4-3-10(7-12(11)16)21-8-13(18)17-5-1-2-9(17)6-14(19)20/h3-4,7,9H,1-2,5-6,8H2,(H,19,20). The Balaban J connectivity index is 1.91. The molecule has 1 aromatic rings. The van der Waals surface area contributed by atoms with Crippen molar-refractivity contribution < 1.29 is 19.4 Å². The van der Waals surface area contributed by atoms with Crippen LogP contribution >= 0.6 is 23.2 Å². The zero-order valence-electron chi connectivity index (χ0n) is 11.2. The van der Waals surface area contributed by atoms with Crippen LogP contribution in [0.5, 0.6) is 5.75 Å². The molecule has 1 aliphatic rings. The number of rotatable bonds is 5. The molecule has 1 aliphatic heterocycles. The van der Waals surface area contributed by atoms with Gasteiger partial charge in [-0.25, -0.2) is 0 Å². The van der Waals surface area contributed by atoms with Crippen molar-refractivity contribution in [2.45, 2.75) is 25.3 Å². The van der Waals surface area contributed by atoms with Gasteiger partial charge in [0.05, 0.1) is 16.5 Å². The van der Waals surface area contributed by atoms with Gasteiger partial charge in [-0.3, -0.25) is 9.59 Å². The second-order valence-corrected chi connectivity index (χ2v) is 5.66. The summed E-state index contributed by atoms with van der Waals surface area (Å²) in [5.74, 6) is -0.665. The van der Waals surface area contributed by atoms with E-state index in [1.54, 1.807) is 17.0 Å². The molecule has 1 amide bonds. The van der Waals surface area contributed by atoms with E-state index in [0.29, 0.717) is 28.8 Å². The summed E-state index contributed by atoms with van der Waals surface area (Å²) in [7, 11) is 0. The van der Waals surface area contributed by atoms with Crippen molar-refractivity contribution in [2.24, 2.45) is 0 Å². The monoisotopic (exact) mass is 331 g/mol. The molecule has 2 rings (SSSR count). The number of halogens is 2. The molecule has 1 unspecified atom stereocenters. The van der Waals surface area contributed by atoms with Gasteiger partial charge < -0.3 is 14.7 Å². The first kappa shape index (κ1) is 15.9. The fraction of sp³-hybridized carbons (Fsp3) is 0.429. The maximum absolute atomic E-state index is 12.1. The van der Waals surface area contributed by atoms with Crippen LogP contribution in [0.15, 0.2) is 18.2 Å². The minimum Gasteiger partial charge on any atom is -0.484 e. The second kappa shape index (κ2) is 7.00. The van der Waals surface area contributed by atoms with Crippen LogP contribution in [0.4, 0.5) is 0 Å². The van der Waals surface area contributed by atoms with E-state index >= 15 is 0 Å². The van der Waals surface area contributed by atoms with E-state index in [-0.39, 0.29) is 25.0 Å². The molecule has 1 fully saturated rings. The topological polar surface area (TPSA) is 66.8 Å². The zero-order chi connectivity index (χ0) is 15.4. The third-order valence-corrected chi connectivity index (χ3v) is 4.10. The first-order chi connectivity index (χ1) is 9.97. The lowest BCUT2D eigenvalue weighted by molar-refractivity contribution is -0.140. The van der Waals surface area contributed by atoms with Crippen LogP contribution in [0.2, 0.25) is 10.0 Å². The van der Waals surface area contributed by atoms with Gasteiger partial charge in [0, 0.05) is 18.7 Å². The smallest absolute Gasteiger partial charge is 0.305 e. The predicted octanol–water partition coefficient (Wildman–Crippen LogP) is 2.84. The number of likely N-dealkylation sites (tertiary alicyclic amines) is 1. The minimum atomic E-state index is -0.898. The number of hydrogen-bond donors (Lipinski definition) is 1. The highest BCUT2D eigenvalue weighted by Gasteiger charge is 2.30. The van der Waals surface area contributed by atoms with Gasteiger partial charge in [-0.05, 0) is 25.0 Å². The number of hydrogen-bond acceptors (Lipinski definition) is 3. The number of aliphatic carboxylic acids is 1. The highest BCUT2D eigenvalue weighted by atomic mass is 35.5. The first-order valence-corrected chi connectivity index (χ1v) is 7.32. The summed E-state index contributed by atoms with van der Waals surface area (Å²) in [6.07, 6.45) is 1.50. The number of benzene rings is 1. The molecular formula is C14H15Cl2NO4. The zero-order valence-corrected chi connectivity index (χ0v) is 12.7. The van der Waals surface area contributed by atoms with Gasteiger partial charge in [0.25, 0.3) is 5.91 Å². The molecule has 0 aromatic heterocycles. The maximum atomic E-state index is 12.1. The van der Waals surface area contributed by atoms with Crippen LogP contribution in [-0.2, 0) is 9.59 Å². The number of nitrogens with zero attached hydrogens (tertiary/aromatic N) is 1. The van der Waals surface area contributed by atoms with Gasteiger partial charge in [0.15, 0.2) is 6.61 Å². The van der Waals surface area contributed by atoms with Gasteiger partial charge in [-0.15, -0.1) is 0 Å². The van der Waals surface area contributed by atoms with Crippen LogP contribution in [0, 0.1) is 0 Å². The largest absolute Gasteiger partial charge is 0.484 e. The summed E-state index contributed by atoms with van der Waals surface area (Å²) in [5, 5.41) is 9.61.